The Hall–Kier alpha value is -4.41. The molecule has 0 radical (unpaired) electrons. The summed E-state index contributed by atoms with van der Waals surface area (Å²) in [5, 5.41) is 8.66. The fourth-order valence-electron chi connectivity index (χ4n) is 6.45. The van der Waals surface area contributed by atoms with E-state index in [1.807, 2.05) is 60.7 Å². The summed E-state index contributed by atoms with van der Waals surface area (Å²) in [5.41, 5.74) is 9.55. The number of ether oxygens (including phenoxy) is 4. The van der Waals surface area contributed by atoms with Crippen molar-refractivity contribution in [1.82, 2.24) is 24.9 Å². The molecule has 2 aromatic carbocycles. The van der Waals surface area contributed by atoms with Crippen LogP contribution in [0.2, 0.25) is 0 Å². The van der Waals surface area contributed by atoms with E-state index in [4.69, 9.17) is 24.7 Å². The van der Waals surface area contributed by atoms with Gasteiger partial charge in [-0.15, -0.1) is 10.2 Å². The van der Waals surface area contributed by atoms with Crippen molar-refractivity contribution in [3.8, 4) is 28.8 Å². The molecule has 1 aromatic heterocycles. The van der Waals surface area contributed by atoms with Gasteiger partial charge in [0.15, 0.2) is 12.6 Å². The molecule has 12 nitrogen and oxygen atoms in total. The Balaban J connectivity index is 0.952. The van der Waals surface area contributed by atoms with E-state index >= 15 is 0 Å². The number of morpholine rings is 1. The average Bonchev–Trinajstić information content (AvgIpc) is 3.13. The van der Waals surface area contributed by atoms with E-state index in [9.17, 15) is 4.79 Å². The molecule has 0 unspecified atom stereocenters. The highest BCUT2D eigenvalue weighted by atomic mass is 16.7. The standard InChI is InChI=1S/C36H45N7O5/c1-45-28-47-33-12-6-5-11-30(33)31-25-32(34(37)39-38-31)42-17-13-36(14-18-42)27-41(23-24-48-36)16-8-7-15-40-19-21-43(22-20-40)35(44)46-26-29-9-3-2-4-10-29/h2-6,9-12,25H,13-24,26-28H2,1H3,(H2,37,39). The maximum atomic E-state index is 12.5. The molecule has 3 fully saturated rings. The second-order valence-electron chi connectivity index (χ2n) is 12.4. The third kappa shape index (κ3) is 8.54. The third-order valence-electron chi connectivity index (χ3n) is 9.21. The number of hydrogen-bond donors (Lipinski definition) is 1. The van der Waals surface area contributed by atoms with E-state index in [0.29, 0.717) is 50.1 Å². The molecule has 0 saturated carbocycles. The van der Waals surface area contributed by atoms with Crippen LogP contribution in [0.3, 0.4) is 0 Å². The number of nitrogens with two attached hydrogens (primary N) is 1. The molecule has 1 amide bonds. The number of anilines is 2. The smallest absolute Gasteiger partial charge is 0.410 e. The van der Waals surface area contributed by atoms with Crippen molar-refractivity contribution in [1.29, 1.82) is 0 Å². The van der Waals surface area contributed by atoms with E-state index in [1.54, 1.807) is 12.0 Å². The second kappa shape index (κ2) is 16.1. The molecule has 0 bridgehead atoms. The summed E-state index contributed by atoms with van der Waals surface area (Å²) in [5.74, 6) is 7.85. The zero-order valence-electron chi connectivity index (χ0n) is 27.7. The molecule has 3 aromatic rings. The molecule has 3 aliphatic rings. The largest absolute Gasteiger partial charge is 0.467 e. The van der Waals surface area contributed by atoms with Crippen molar-refractivity contribution in [2.45, 2.75) is 25.0 Å². The zero-order valence-corrected chi connectivity index (χ0v) is 27.7. The van der Waals surface area contributed by atoms with Crippen LogP contribution in [0, 0.1) is 11.8 Å². The number of para-hydroxylation sites is 1. The number of rotatable bonds is 9. The van der Waals surface area contributed by atoms with Crippen molar-refractivity contribution in [3.05, 3.63) is 66.2 Å². The Morgan fingerprint density at radius 2 is 1.65 bits per heavy atom. The van der Waals surface area contributed by atoms with Gasteiger partial charge in [0.05, 0.1) is 36.7 Å². The quantitative estimate of drug-likeness (QED) is 0.270. The highest BCUT2D eigenvalue weighted by Crippen LogP contribution is 2.36. The first-order valence-corrected chi connectivity index (χ1v) is 16.6. The van der Waals surface area contributed by atoms with Crippen LogP contribution in [0.4, 0.5) is 16.3 Å². The number of methoxy groups -OCH3 is 1. The molecular formula is C36H45N7O5. The van der Waals surface area contributed by atoms with Crippen LogP contribution in [-0.4, -0.2) is 123 Å². The molecule has 254 valence electrons. The Morgan fingerprint density at radius 3 is 2.42 bits per heavy atom. The second-order valence-corrected chi connectivity index (χ2v) is 12.4. The van der Waals surface area contributed by atoms with Crippen molar-refractivity contribution in [3.63, 3.8) is 0 Å². The lowest BCUT2D eigenvalue weighted by atomic mass is 9.89. The molecule has 6 rings (SSSR count). The molecule has 3 aliphatic heterocycles. The maximum Gasteiger partial charge on any atom is 0.410 e. The summed E-state index contributed by atoms with van der Waals surface area (Å²) in [4.78, 5) is 21.2. The monoisotopic (exact) mass is 655 g/mol. The van der Waals surface area contributed by atoms with Crippen LogP contribution in [0.15, 0.2) is 60.7 Å². The van der Waals surface area contributed by atoms with E-state index in [-0.39, 0.29) is 18.5 Å². The van der Waals surface area contributed by atoms with E-state index in [1.165, 1.54) is 0 Å². The maximum absolute atomic E-state index is 12.5. The number of benzene rings is 2. The van der Waals surface area contributed by atoms with Gasteiger partial charge in [-0.1, -0.05) is 54.3 Å². The molecule has 12 heteroatoms. The van der Waals surface area contributed by atoms with Gasteiger partial charge in [0.1, 0.15) is 12.4 Å². The minimum Gasteiger partial charge on any atom is -0.467 e. The molecule has 1 spiro atoms. The first kappa shape index (κ1) is 33.5. The van der Waals surface area contributed by atoms with E-state index in [0.717, 1.165) is 75.5 Å². The minimum absolute atomic E-state index is 0.149. The van der Waals surface area contributed by atoms with Crippen LogP contribution in [0.1, 0.15) is 18.4 Å². The Morgan fingerprint density at radius 1 is 0.917 bits per heavy atom. The SMILES string of the molecule is COCOc1ccccc1-c1cc(N2CCC3(CC2)CN(CC#CCN2CCN(C(=O)OCc4ccccc4)CC2)CCO3)c(N)nn1. The third-order valence-corrected chi connectivity index (χ3v) is 9.21. The summed E-state index contributed by atoms with van der Waals surface area (Å²) in [6.45, 7) is 8.79. The Bertz CT molecular complexity index is 1560. The number of piperazine rings is 1. The number of carbonyl (C=O) groups is 1. The normalized spacial score (nSPS) is 18.3. The zero-order chi connectivity index (χ0) is 33.2. The Kier molecular flexibility index (Phi) is 11.3. The number of amides is 1. The molecule has 0 aliphatic carbocycles. The molecule has 2 N–H and O–H groups in total. The van der Waals surface area contributed by atoms with Crippen LogP contribution in [-0.2, 0) is 20.8 Å². The molecule has 3 saturated heterocycles. The molecular weight excluding hydrogens is 610 g/mol. The first-order chi connectivity index (χ1) is 23.5. The lowest BCUT2D eigenvalue weighted by Gasteiger charge is -2.47. The van der Waals surface area contributed by atoms with Crippen LogP contribution in [0.25, 0.3) is 11.3 Å². The van der Waals surface area contributed by atoms with Gasteiger partial charge < -0.3 is 34.5 Å². The average molecular weight is 656 g/mol. The van der Waals surface area contributed by atoms with Crippen molar-refractivity contribution >= 4 is 17.6 Å². The lowest BCUT2D eigenvalue weighted by Crippen LogP contribution is -2.57. The topological polar surface area (TPSA) is 119 Å². The lowest BCUT2D eigenvalue weighted by molar-refractivity contribution is -0.118. The van der Waals surface area contributed by atoms with Gasteiger partial charge in [-0.05, 0) is 36.6 Å². The van der Waals surface area contributed by atoms with Crippen molar-refractivity contribution in [2.75, 3.05) is 96.6 Å². The van der Waals surface area contributed by atoms with Crippen LogP contribution >= 0.6 is 0 Å². The summed E-state index contributed by atoms with van der Waals surface area (Å²) in [7, 11) is 1.59. The summed E-state index contributed by atoms with van der Waals surface area (Å²) < 4.78 is 22.7. The van der Waals surface area contributed by atoms with E-state index in [2.05, 4.69) is 36.7 Å². The highest BCUT2D eigenvalue weighted by molar-refractivity contribution is 5.74. The van der Waals surface area contributed by atoms with Crippen molar-refractivity contribution < 1.29 is 23.7 Å². The van der Waals surface area contributed by atoms with Gasteiger partial charge in [0.2, 0.25) is 0 Å². The van der Waals surface area contributed by atoms with Gasteiger partial charge >= 0.3 is 6.09 Å². The van der Waals surface area contributed by atoms with Crippen LogP contribution < -0.4 is 15.4 Å². The van der Waals surface area contributed by atoms with Gasteiger partial charge in [0.25, 0.3) is 0 Å². The number of nitrogens with zero attached hydrogens (tertiary/aromatic N) is 6. The summed E-state index contributed by atoms with van der Waals surface area (Å²) in [6, 6.07) is 19.5. The predicted molar refractivity (Wildman–Crippen MR) is 183 cm³/mol. The highest BCUT2D eigenvalue weighted by Gasteiger charge is 2.40. The summed E-state index contributed by atoms with van der Waals surface area (Å²) in [6.07, 6.45) is 1.52. The number of nitrogen functional groups attached to an aromatic ring is 1. The van der Waals surface area contributed by atoms with E-state index < -0.39 is 0 Å². The van der Waals surface area contributed by atoms with Crippen molar-refractivity contribution in [2.24, 2.45) is 0 Å². The first-order valence-electron chi connectivity index (χ1n) is 16.6. The fourth-order valence-corrected chi connectivity index (χ4v) is 6.45. The number of aromatic nitrogens is 2. The minimum atomic E-state index is -0.253. The fraction of sp³-hybridized carbons (Fsp3) is 0.472. The molecule has 0 atom stereocenters. The predicted octanol–water partition coefficient (Wildman–Crippen LogP) is 3.34. The van der Waals surface area contributed by atoms with Crippen LogP contribution in [0.5, 0.6) is 5.75 Å². The van der Waals surface area contributed by atoms with Gasteiger partial charge in [0, 0.05) is 65.0 Å². The molecule has 4 heterocycles. The number of carbonyl (C=O) groups excluding carboxylic acids is 1. The van der Waals surface area contributed by atoms with Gasteiger partial charge in [-0.3, -0.25) is 9.80 Å². The molecule has 48 heavy (non-hydrogen) atoms. The number of piperidine rings is 1. The Labute approximate surface area is 282 Å². The summed E-state index contributed by atoms with van der Waals surface area (Å²) >= 11 is 0. The van der Waals surface area contributed by atoms with Gasteiger partial charge in [-0.2, -0.15) is 0 Å². The number of hydrogen-bond acceptors (Lipinski definition) is 11. The van der Waals surface area contributed by atoms with Gasteiger partial charge in [-0.25, -0.2) is 4.79 Å².